The average Bonchev–Trinajstić information content (AvgIpc) is 3.21. The van der Waals surface area contributed by atoms with Gasteiger partial charge < -0.3 is 9.80 Å². The molecule has 3 aliphatic rings. The van der Waals surface area contributed by atoms with Crippen molar-refractivity contribution in [2.45, 2.75) is 51.6 Å². The van der Waals surface area contributed by atoms with Crippen LogP contribution in [0.2, 0.25) is 0 Å². The SMILES string of the molecule is C[C@H]1CCCN(C(=O)CN2Cc3ccccc3C[C@H]2C(=O)N2CCCC2)C1. The molecule has 0 unspecified atom stereocenters. The first kappa shape index (κ1) is 18.5. The predicted octanol–water partition coefficient (Wildman–Crippen LogP) is 2.29. The number of fused-ring (bicyclic) bond motifs is 1. The van der Waals surface area contributed by atoms with E-state index < -0.39 is 0 Å². The fraction of sp³-hybridized carbons (Fsp3) is 0.636. The van der Waals surface area contributed by atoms with Gasteiger partial charge in [-0.1, -0.05) is 31.2 Å². The molecule has 27 heavy (non-hydrogen) atoms. The summed E-state index contributed by atoms with van der Waals surface area (Å²) in [7, 11) is 0. The molecule has 146 valence electrons. The van der Waals surface area contributed by atoms with Crippen molar-refractivity contribution in [1.82, 2.24) is 14.7 Å². The molecule has 1 aromatic rings. The molecule has 2 fully saturated rings. The molecular formula is C22H31N3O2. The van der Waals surface area contributed by atoms with Crippen molar-refractivity contribution in [1.29, 1.82) is 0 Å². The van der Waals surface area contributed by atoms with Crippen molar-refractivity contribution in [3.63, 3.8) is 0 Å². The Hall–Kier alpha value is -1.88. The van der Waals surface area contributed by atoms with Crippen molar-refractivity contribution >= 4 is 11.8 Å². The smallest absolute Gasteiger partial charge is 0.240 e. The summed E-state index contributed by atoms with van der Waals surface area (Å²) >= 11 is 0. The molecule has 2 atom stereocenters. The maximum atomic E-state index is 13.2. The Morgan fingerprint density at radius 3 is 2.44 bits per heavy atom. The third kappa shape index (κ3) is 4.03. The van der Waals surface area contributed by atoms with E-state index in [0.717, 1.165) is 51.9 Å². The summed E-state index contributed by atoms with van der Waals surface area (Å²) in [5, 5.41) is 0. The van der Waals surface area contributed by atoms with Crippen LogP contribution in [-0.2, 0) is 22.6 Å². The summed E-state index contributed by atoms with van der Waals surface area (Å²) in [5.41, 5.74) is 2.51. The van der Waals surface area contributed by atoms with Crippen LogP contribution in [0.25, 0.3) is 0 Å². The molecule has 2 amide bonds. The predicted molar refractivity (Wildman–Crippen MR) is 105 cm³/mol. The van der Waals surface area contributed by atoms with Crippen molar-refractivity contribution in [3.8, 4) is 0 Å². The topological polar surface area (TPSA) is 43.9 Å². The highest BCUT2D eigenvalue weighted by Crippen LogP contribution is 2.26. The number of carbonyl (C=O) groups excluding carboxylic acids is 2. The minimum atomic E-state index is -0.204. The number of hydrogen-bond acceptors (Lipinski definition) is 3. The molecule has 0 aromatic heterocycles. The third-order valence-corrected chi connectivity index (χ3v) is 6.40. The number of nitrogens with zero attached hydrogens (tertiary/aromatic N) is 3. The number of likely N-dealkylation sites (tertiary alicyclic amines) is 2. The lowest BCUT2D eigenvalue weighted by molar-refractivity contribution is -0.140. The van der Waals surface area contributed by atoms with E-state index in [1.165, 1.54) is 17.5 Å². The van der Waals surface area contributed by atoms with Gasteiger partial charge in [-0.15, -0.1) is 0 Å². The first-order chi connectivity index (χ1) is 13.1. The quantitative estimate of drug-likeness (QED) is 0.821. The Kier molecular flexibility index (Phi) is 5.48. The zero-order valence-corrected chi connectivity index (χ0v) is 16.4. The van der Waals surface area contributed by atoms with Crippen LogP contribution in [0.5, 0.6) is 0 Å². The Labute approximate surface area is 162 Å². The molecule has 3 heterocycles. The number of piperidine rings is 1. The van der Waals surface area contributed by atoms with Crippen LogP contribution < -0.4 is 0 Å². The molecule has 0 aliphatic carbocycles. The van der Waals surface area contributed by atoms with E-state index in [-0.39, 0.29) is 17.9 Å². The second kappa shape index (κ2) is 8.01. The largest absolute Gasteiger partial charge is 0.341 e. The maximum absolute atomic E-state index is 13.2. The number of rotatable bonds is 3. The number of amides is 2. The van der Waals surface area contributed by atoms with E-state index >= 15 is 0 Å². The molecule has 0 spiro atoms. The molecule has 4 rings (SSSR count). The van der Waals surface area contributed by atoms with E-state index in [2.05, 4.69) is 24.0 Å². The highest BCUT2D eigenvalue weighted by Gasteiger charge is 2.36. The third-order valence-electron chi connectivity index (χ3n) is 6.40. The van der Waals surface area contributed by atoms with Crippen LogP contribution in [0.1, 0.15) is 43.7 Å². The lowest BCUT2D eigenvalue weighted by Crippen LogP contribution is -2.54. The van der Waals surface area contributed by atoms with Gasteiger partial charge in [-0.25, -0.2) is 0 Å². The second-order valence-corrected chi connectivity index (χ2v) is 8.51. The van der Waals surface area contributed by atoms with Crippen molar-refractivity contribution in [3.05, 3.63) is 35.4 Å². The van der Waals surface area contributed by atoms with Crippen molar-refractivity contribution < 1.29 is 9.59 Å². The van der Waals surface area contributed by atoms with Gasteiger partial charge in [-0.2, -0.15) is 0 Å². The van der Waals surface area contributed by atoms with Crippen LogP contribution in [0.15, 0.2) is 24.3 Å². The van der Waals surface area contributed by atoms with E-state index in [1.54, 1.807) is 0 Å². The van der Waals surface area contributed by atoms with Crippen LogP contribution in [0.3, 0.4) is 0 Å². The van der Waals surface area contributed by atoms with Crippen LogP contribution in [0.4, 0.5) is 0 Å². The van der Waals surface area contributed by atoms with Gasteiger partial charge >= 0.3 is 0 Å². The zero-order chi connectivity index (χ0) is 18.8. The summed E-state index contributed by atoms with van der Waals surface area (Å²) in [5.74, 6) is 0.966. The average molecular weight is 370 g/mol. The minimum Gasteiger partial charge on any atom is -0.341 e. The van der Waals surface area contributed by atoms with Gasteiger partial charge in [0.15, 0.2) is 0 Å². The first-order valence-electron chi connectivity index (χ1n) is 10.5. The Bertz CT molecular complexity index is 699. The minimum absolute atomic E-state index is 0.181. The molecular weight excluding hydrogens is 338 g/mol. The van der Waals surface area contributed by atoms with Crippen molar-refractivity contribution in [2.75, 3.05) is 32.7 Å². The van der Waals surface area contributed by atoms with Crippen LogP contribution in [0, 0.1) is 5.92 Å². The molecule has 0 bridgehead atoms. The summed E-state index contributed by atoms with van der Waals surface area (Å²) in [4.78, 5) is 32.3. The monoisotopic (exact) mass is 369 g/mol. The Morgan fingerprint density at radius 2 is 1.70 bits per heavy atom. The molecule has 0 saturated carbocycles. The summed E-state index contributed by atoms with van der Waals surface area (Å²) in [6, 6.07) is 8.15. The van der Waals surface area contributed by atoms with Gasteiger partial charge in [-0.05, 0) is 49.1 Å². The molecule has 0 N–H and O–H groups in total. The number of hydrogen-bond donors (Lipinski definition) is 0. The summed E-state index contributed by atoms with van der Waals surface area (Å²) < 4.78 is 0. The van der Waals surface area contributed by atoms with Gasteiger partial charge in [0, 0.05) is 32.7 Å². The van der Waals surface area contributed by atoms with Crippen LogP contribution >= 0.6 is 0 Å². The highest BCUT2D eigenvalue weighted by atomic mass is 16.2. The summed E-state index contributed by atoms with van der Waals surface area (Å²) in [6.45, 7) is 6.70. The first-order valence-corrected chi connectivity index (χ1v) is 10.5. The van der Waals surface area contributed by atoms with E-state index in [4.69, 9.17) is 0 Å². The van der Waals surface area contributed by atoms with Gasteiger partial charge in [0.1, 0.15) is 0 Å². The van der Waals surface area contributed by atoms with Gasteiger partial charge in [0.2, 0.25) is 11.8 Å². The van der Waals surface area contributed by atoms with Gasteiger partial charge in [0.05, 0.1) is 12.6 Å². The van der Waals surface area contributed by atoms with Gasteiger partial charge in [-0.3, -0.25) is 14.5 Å². The second-order valence-electron chi connectivity index (χ2n) is 8.51. The van der Waals surface area contributed by atoms with Crippen LogP contribution in [-0.4, -0.2) is 65.3 Å². The standard InChI is InChI=1S/C22H31N3O2/c1-17-7-6-12-24(14-17)21(26)16-25-15-19-9-3-2-8-18(19)13-20(25)22(27)23-10-4-5-11-23/h2-3,8-9,17,20H,4-7,10-16H2,1H3/t17-,20-/m0/s1. The number of benzene rings is 1. The zero-order valence-electron chi connectivity index (χ0n) is 16.4. The highest BCUT2D eigenvalue weighted by molar-refractivity contribution is 5.84. The fourth-order valence-corrected chi connectivity index (χ4v) is 4.82. The summed E-state index contributed by atoms with van der Waals surface area (Å²) in [6.07, 6.45) is 5.21. The lowest BCUT2D eigenvalue weighted by Gasteiger charge is -2.39. The normalized spacial score (nSPS) is 26.1. The molecule has 2 saturated heterocycles. The molecule has 5 nitrogen and oxygen atoms in total. The molecule has 0 radical (unpaired) electrons. The Morgan fingerprint density at radius 1 is 1.00 bits per heavy atom. The molecule has 3 aliphatic heterocycles. The molecule has 5 heteroatoms. The lowest BCUT2D eigenvalue weighted by atomic mass is 9.93. The van der Waals surface area contributed by atoms with E-state index in [0.29, 0.717) is 19.0 Å². The fourth-order valence-electron chi connectivity index (χ4n) is 4.82. The van der Waals surface area contributed by atoms with E-state index in [9.17, 15) is 9.59 Å². The molecule has 1 aromatic carbocycles. The Balaban J connectivity index is 1.51. The number of carbonyl (C=O) groups is 2. The maximum Gasteiger partial charge on any atom is 0.240 e. The van der Waals surface area contributed by atoms with Gasteiger partial charge in [0.25, 0.3) is 0 Å². The van der Waals surface area contributed by atoms with Crippen molar-refractivity contribution in [2.24, 2.45) is 5.92 Å². The van der Waals surface area contributed by atoms with E-state index in [1.807, 2.05) is 21.9 Å².